The number of pyridine rings is 1. The fourth-order valence-electron chi connectivity index (χ4n) is 2.77. The lowest BCUT2D eigenvalue weighted by Gasteiger charge is -2.10. The summed E-state index contributed by atoms with van der Waals surface area (Å²) in [6.45, 7) is 3.97. The summed E-state index contributed by atoms with van der Waals surface area (Å²) in [5.74, 6) is 1.64. The van der Waals surface area contributed by atoms with Crippen molar-refractivity contribution >= 4 is 5.82 Å². The summed E-state index contributed by atoms with van der Waals surface area (Å²) in [7, 11) is 3.86. The van der Waals surface area contributed by atoms with Gasteiger partial charge in [-0.15, -0.1) is 5.10 Å². The molecular formula is C19H19N7O. The van der Waals surface area contributed by atoms with Gasteiger partial charge in [0.2, 0.25) is 5.82 Å². The van der Waals surface area contributed by atoms with Crippen molar-refractivity contribution in [1.82, 2.24) is 30.1 Å². The first kappa shape index (κ1) is 16.9. The van der Waals surface area contributed by atoms with Gasteiger partial charge in [-0.25, -0.2) is 9.67 Å². The number of hydrogen-bond donors (Lipinski definition) is 0. The summed E-state index contributed by atoms with van der Waals surface area (Å²) >= 11 is 0. The van der Waals surface area contributed by atoms with Crippen molar-refractivity contribution in [1.29, 1.82) is 0 Å². The average Bonchev–Trinajstić information content (AvgIpc) is 3.28. The summed E-state index contributed by atoms with van der Waals surface area (Å²) in [4.78, 5) is 10.7. The third-order valence-corrected chi connectivity index (χ3v) is 4.23. The van der Waals surface area contributed by atoms with Crippen LogP contribution in [0.4, 0.5) is 5.82 Å². The molecule has 0 saturated carbocycles. The van der Waals surface area contributed by atoms with E-state index in [1.807, 2.05) is 69.2 Å². The summed E-state index contributed by atoms with van der Waals surface area (Å²) < 4.78 is 7.21. The first-order chi connectivity index (χ1) is 13.0. The number of rotatable bonds is 4. The van der Waals surface area contributed by atoms with Crippen molar-refractivity contribution in [2.45, 2.75) is 13.8 Å². The minimum absolute atomic E-state index is 0.338. The molecule has 0 unspecified atom stereocenters. The van der Waals surface area contributed by atoms with E-state index in [9.17, 15) is 0 Å². The highest BCUT2D eigenvalue weighted by molar-refractivity contribution is 5.62. The van der Waals surface area contributed by atoms with Gasteiger partial charge in [0, 0.05) is 25.9 Å². The van der Waals surface area contributed by atoms with Crippen LogP contribution in [-0.4, -0.2) is 44.2 Å². The standard InChI is InChI=1S/C19H19N7O/c1-12-6-5-7-15(10-12)26-13(2)17(22-24-26)19-21-18(23-27-19)14-8-9-20-16(11-14)25(3)4/h5-11H,1-4H3. The van der Waals surface area contributed by atoms with E-state index in [-0.39, 0.29) is 0 Å². The molecule has 0 saturated heterocycles. The number of anilines is 1. The molecule has 0 spiro atoms. The number of hydrogen-bond acceptors (Lipinski definition) is 7. The molecule has 0 fully saturated rings. The predicted molar refractivity (Wildman–Crippen MR) is 102 cm³/mol. The van der Waals surface area contributed by atoms with E-state index in [0.717, 1.165) is 28.3 Å². The van der Waals surface area contributed by atoms with Crippen molar-refractivity contribution in [3.8, 4) is 28.7 Å². The molecule has 8 heteroatoms. The lowest BCUT2D eigenvalue weighted by atomic mass is 10.2. The van der Waals surface area contributed by atoms with Crippen LogP contribution in [-0.2, 0) is 0 Å². The van der Waals surface area contributed by atoms with E-state index in [4.69, 9.17) is 4.52 Å². The van der Waals surface area contributed by atoms with Crippen LogP contribution in [0.25, 0.3) is 28.7 Å². The van der Waals surface area contributed by atoms with Gasteiger partial charge in [0.1, 0.15) is 5.82 Å². The lowest BCUT2D eigenvalue weighted by Crippen LogP contribution is -2.10. The number of aryl methyl sites for hydroxylation is 1. The molecule has 0 aliphatic carbocycles. The summed E-state index contributed by atoms with van der Waals surface area (Å²) in [6, 6.07) is 11.8. The quantitative estimate of drug-likeness (QED) is 0.552. The van der Waals surface area contributed by atoms with E-state index in [1.165, 1.54) is 0 Å². The summed E-state index contributed by atoms with van der Waals surface area (Å²) in [6.07, 6.45) is 1.72. The largest absolute Gasteiger partial charge is 0.363 e. The van der Waals surface area contributed by atoms with Crippen molar-refractivity contribution in [3.63, 3.8) is 0 Å². The Morgan fingerprint density at radius 2 is 1.93 bits per heavy atom. The zero-order chi connectivity index (χ0) is 19.0. The van der Waals surface area contributed by atoms with Crippen LogP contribution in [0.15, 0.2) is 47.1 Å². The smallest absolute Gasteiger partial charge is 0.280 e. The van der Waals surface area contributed by atoms with Crippen LogP contribution in [0.2, 0.25) is 0 Å². The second-order valence-electron chi connectivity index (χ2n) is 6.49. The molecule has 0 bridgehead atoms. The van der Waals surface area contributed by atoms with Crippen molar-refractivity contribution in [2.75, 3.05) is 19.0 Å². The molecule has 0 radical (unpaired) electrons. The minimum atomic E-state index is 0.338. The fourth-order valence-corrected chi connectivity index (χ4v) is 2.77. The first-order valence-corrected chi connectivity index (χ1v) is 8.50. The van der Waals surface area contributed by atoms with Crippen LogP contribution >= 0.6 is 0 Å². The van der Waals surface area contributed by atoms with Gasteiger partial charge in [-0.2, -0.15) is 4.98 Å². The maximum Gasteiger partial charge on any atom is 0.280 e. The molecule has 3 heterocycles. The van der Waals surface area contributed by atoms with E-state index in [0.29, 0.717) is 17.4 Å². The number of nitrogens with zero attached hydrogens (tertiary/aromatic N) is 7. The Balaban J connectivity index is 1.69. The van der Waals surface area contributed by atoms with E-state index in [2.05, 4.69) is 25.4 Å². The minimum Gasteiger partial charge on any atom is -0.363 e. The topological polar surface area (TPSA) is 85.8 Å². The van der Waals surface area contributed by atoms with Gasteiger partial charge < -0.3 is 9.42 Å². The highest BCUT2D eigenvalue weighted by Gasteiger charge is 2.19. The highest BCUT2D eigenvalue weighted by atomic mass is 16.5. The van der Waals surface area contributed by atoms with Gasteiger partial charge in [-0.05, 0) is 43.7 Å². The predicted octanol–water partition coefficient (Wildman–Crippen LogP) is 3.06. The Labute approximate surface area is 156 Å². The summed E-state index contributed by atoms with van der Waals surface area (Å²) in [5.41, 5.74) is 4.32. The molecule has 4 aromatic rings. The molecular weight excluding hydrogens is 342 g/mol. The molecule has 27 heavy (non-hydrogen) atoms. The molecule has 4 rings (SSSR count). The van der Waals surface area contributed by atoms with Crippen molar-refractivity contribution < 1.29 is 4.52 Å². The van der Waals surface area contributed by atoms with Crippen LogP contribution in [0.5, 0.6) is 0 Å². The fraction of sp³-hybridized carbons (Fsp3) is 0.211. The lowest BCUT2D eigenvalue weighted by molar-refractivity contribution is 0.430. The Morgan fingerprint density at radius 3 is 2.70 bits per heavy atom. The zero-order valence-corrected chi connectivity index (χ0v) is 15.6. The van der Waals surface area contributed by atoms with E-state index >= 15 is 0 Å². The van der Waals surface area contributed by atoms with Gasteiger partial charge >= 0.3 is 0 Å². The van der Waals surface area contributed by atoms with Gasteiger partial charge in [0.15, 0.2) is 5.69 Å². The van der Waals surface area contributed by atoms with E-state index < -0.39 is 0 Å². The Kier molecular flexibility index (Phi) is 4.15. The molecule has 0 amide bonds. The molecule has 0 atom stereocenters. The molecule has 3 aromatic heterocycles. The number of aromatic nitrogens is 6. The van der Waals surface area contributed by atoms with Crippen LogP contribution in [0.3, 0.4) is 0 Å². The molecule has 136 valence electrons. The SMILES string of the molecule is Cc1cccc(-n2nnc(-c3nc(-c4ccnc(N(C)C)c4)no3)c2C)c1. The van der Waals surface area contributed by atoms with Crippen LogP contribution < -0.4 is 4.90 Å². The molecule has 0 N–H and O–H groups in total. The third-order valence-electron chi connectivity index (χ3n) is 4.23. The third kappa shape index (κ3) is 3.17. The van der Waals surface area contributed by atoms with Gasteiger partial charge in [-0.3, -0.25) is 0 Å². The Bertz CT molecular complexity index is 1100. The second kappa shape index (κ2) is 6.64. The maximum atomic E-state index is 5.45. The van der Waals surface area contributed by atoms with Crippen LogP contribution in [0, 0.1) is 13.8 Å². The Hall–Kier alpha value is -3.55. The van der Waals surface area contributed by atoms with Crippen molar-refractivity contribution in [2.24, 2.45) is 0 Å². The molecule has 8 nitrogen and oxygen atoms in total. The molecule has 0 aliphatic rings. The van der Waals surface area contributed by atoms with Gasteiger partial charge in [-0.1, -0.05) is 22.5 Å². The normalized spacial score (nSPS) is 11.0. The van der Waals surface area contributed by atoms with Gasteiger partial charge in [0.05, 0.1) is 11.4 Å². The number of benzene rings is 1. The Morgan fingerprint density at radius 1 is 1.07 bits per heavy atom. The second-order valence-corrected chi connectivity index (χ2v) is 6.49. The van der Waals surface area contributed by atoms with Gasteiger partial charge in [0.25, 0.3) is 5.89 Å². The summed E-state index contributed by atoms with van der Waals surface area (Å²) in [5, 5.41) is 12.6. The van der Waals surface area contributed by atoms with Crippen LogP contribution in [0.1, 0.15) is 11.3 Å². The van der Waals surface area contributed by atoms with E-state index in [1.54, 1.807) is 10.9 Å². The van der Waals surface area contributed by atoms with Crippen molar-refractivity contribution in [3.05, 3.63) is 53.9 Å². The average molecular weight is 361 g/mol. The zero-order valence-electron chi connectivity index (χ0n) is 15.6. The highest BCUT2D eigenvalue weighted by Crippen LogP contribution is 2.25. The molecule has 1 aromatic carbocycles. The molecule has 0 aliphatic heterocycles. The monoisotopic (exact) mass is 361 g/mol. The maximum absolute atomic E-state index is 5.45. The first-order valence-electron chi connectivity index (χ1n) is 8.50.